The summed E-state index contributed by atoms with van der Waals surface area (Å²) in [5.74, 6) is 0. The SMILES string of the molecule is CCC(C)n1cc(C=O)c(-c2ccncc2)n1. The van der Waals surface area contributed by atoms with Crippen molar-refractivity contribution in [3.8, 4) is 11.3 Å². The highest BCUT2D eigenvalue weighted by Gasteiger charge is 2.12. The number of hydrogen-bond acceptors (Lipinski definition) is 3. The number of carbonyl (C=O) groups excluding carboxylic acids is 1. The molecule has 4 heteroatoms. The smallest absolute Gasteiger partial charge is 0.153 e. The molecule has 0 N–H and O–H groups in total. The van der Waals surface area contributed by atoms with Gasteiger partial charge in [0.15, 0.2) is 6.29 Å². The summed E-state index contributed by atoms with van der Waals surface area (Å²) in [6, 6.07) is 4.01. The molecule has 0 aliphatic rings. The average molecular weight is 229 g/mol. The highest BCUT2D eigenvalue weighted by Crippen LogP contribution is 2.22. The quantitative estimate of drug-likeness (QED) is 0.757. The Morgan fingerprint density at radius 3 is 2.71 bits per heavy atom. The van der Waals surface area contributed by atoms with Crippen LogP contribution in [0, 0.1) is 0 Å². The van der Waals surface area contributed by atoms with Crippen molar-refractivity contribution in [3.05, 3.63) is 36.3 Å². The van der Waals surface area contributed by atoms with Gasteiger partial charge in [0.25, 0.3) is 0 Å². The van der Waals surface area contributed by atoms with E-state index in [-0.39, 0.29) is 0 Å². The molecule has 0 aliphatic carbocycles. The van der Waals surface area contributed by atoms with Crippen molar-refractivity contribution in [1.82, 2.24) is 14.8 Å². The third-order valence-corrected chi connectivity index (χ3v) is 2.88. The van der Waals surface area contributed by atoms with E-state index in [1.165, 1.54) is 0 Å². The number of rotatable bonds is 4. The number of aromatic nitrogens is 3. The van der Waals surface area contributed by atoms with E-state index < -0.39 is 0 Å². The minimum Gasteiger partial charge on any atom is -0.298 e. The van der Waals surface area contributed by atoms with Crippen LogP contribution >= 0.6 is 0 Å². The third-order valence-electron chi connectivity index (χ3n) is 2.88. The maximum Gasteiger partial charge on any atom is 0.153 e. The highest BCUT2D eigenvalue weighted by molar-refractivity contribution is 5.85. The van der Waals surface area contributed by atoms with Gasteiger partial charge in [-0.25, -0.2) is 0 Å². The number of carbonyl (C=O) groups is 1. The van der Waals surface area contributed by atoms with E-state index >= 15 is 0 Å². The van der Waals surface area contributed by atoms with Gasteiger partial charge in [0.1, 0.15) is 5.69 Å². The second-order valence-electron chi connectivity index (χ2n) is 4.02. The third kappa shape index (κ3) is 2.25. The van der Waals surface area contributed by atoms with Crippen LogP contribution in [0.1, 0.15) is 36.7 Å². The molecule has 0 spiro atoms. The molecule has 0 aliphatic heterocycles. The molecule has 1 atom stereocenters. The predicted molar refractivity (Wildman–Crippen MR) is 65.8 cm³/mol. The normalized spacial score (nSPS) is 12.4. The van der Waals surface area contributed by atoms with Crippen molar-refractivity contribution >= 4 is 6.29 Å². The molecule has 0 aromatic carbocycles. The molecule has 0 fully saturated rings. The molecule has 0 saturated carbocycles. The van der Waals surface area contributed by atoms with E-state index in [9.17, 15) is 4.79 Å². The molecule has 0 bridgehead atoms. The molecular weight excluding hydrogens is 214 g/mol. The summed E-state index contributed by atoms with van der Waals surface area (Å²) in [5, 5.41) is 4.48. The van der Waals surface area contributed by atoms with E-state index in [1.807, 2.05) is 16.8 Å². The van der Waals surface area contributed by atoms with Gasteiger partial charge in [-0.05, 0) is 25.5 Å². The first-order valence-corrected chi connectivity index (χ1v) is 5.71. The Kier molecular flexibility index (Phi) is 3.32. The van der Waals surface area contributed by atoms with Gasteiger partial charge in [-0.2, -0.15) is 5.10 Å². The van der Waals surface area contributed by atoms with Crippen LogP contribution in [0.4, 0.5) is 0 Å². The lowest BCUT2D eigenvalue weighted by atomic mass is 10.1. The van der Waals surface area contributed by atoms with Gasteiger partial charge in [-0.3, -0.25) is 14.5 Å². The Hall–Kier alpha value is -1.97. The van der Waals surface area contributed by atoms with Gasteiger partial charge in [-0.15, -0.1) is 0 Å². The van der Waals surface area contributed by atoms with Crippen LogP contribution in [0.5, 0.6) is 0 Å². The molecule has 0 saturated heterocycles. The predicted octanol–water partition coefficient (Wildman–Crippen LogP) is 2.73. The van der Waals surface area contributed by atoms with E-state index in [0.717, 1.165) is 24.0 Å². The maximum atomic E-state index is 11.1. The molecule has 2 heterocycles. The Morgan fingerprint density at radius 2 is 2.12 bits per heavy atom. The highest BCUT2D eigenvalue weighted by atomic mass is 16.1. The molecule has 0 radical (unpaired) electrons. The number of nitrogens with zero attached hydrogens (tertiary/aromatic N) is 3. The molecule has 0 amide bonds. The standard InChI is InChI=1S/C13H15N3O/c1-3-10(2)16-8-12(9-17)13(15-16)11-4-6-14-7-5-11/h4-10H,3H2,1-2H3. The first-order valence-electron chi connectivity index (χ1n) is 5.71. The molecule has 2 aromatic heterocycles. The summed E-state index contributed by atoms with van der Waals surface area (Å²) in [6.45, 7) is 4.18. The monoisotopic (exact) mass is 229 g/mol. The van der Waals surface area contributed by atoms with Crippen LogP contribution in [0.3, 0.4) is 0 Å². The van der Waals surface area contributed by atoms with Crippen LogP contribution in [-0.2, 0) is 0 Å². The van der Waals surface area contributed by atoms with Gasteiger partial charge in [0, 0.05) is 30.2 Å². The fraction of sp³-hybridized carbons (Fsp3) is 0.308. The lowest BCUT2D eigenvalue weighted by molar-refractivity contribution is 0.112. The first kappa shape index (κ1) is 11.5. The van der Waals surface area contributed by atoms with E-state index in [2.05, 4.69) is 23.9 Å². The van der Waals surface area contributed by atoms with Gasteiger partial charge >= 0.3 is 0 Å². The fourth-order valence-corrected chi connectivity index (χ4v) is 1.64. The molecule has 4 nitrogen and oxygen atoms in total. The minimum atomic E-state index is 0.296. The Balaban J connectivity index is 2.47. The van der Waals surface area contributed by atoms with Crippen LogP contribution in [0.15, 0.2) is 30.7 Å². The molecule has 2 aromatic rings. The summed E-state index contributed by atoms with van der Waals surface area (Å²) in [6.07, 6.45) is 7.03. The first-order chi connectivity index (χ1) is 8.26. The Morgan fingerprint density at radius 1 is 1.41 bits per heavy atom. The largest absolute Gasteiger partial charge is 0.298 e. The van der Waals surface area contributed by atoms with E-state index in [1.54, 1.807) is 18.6 Å². The Bertz CT molecular complexity index is 505. The zero-order chi connectivity index (χ0) is 12.3. The summed E-state index contributed by atoms with van der Waals surface area (Å²) in [7, 11) is 0. The van der Waals surface area contributed by atoms with Crippen molar-refractivity contribution in [3.63, 3.8) is 0 Å². The number of hydrogen-bond donors (Lipinski definition) is 0. The van der Waals surface area contributed by atoms with E-state index in [0.29, 0.717) is 11.6 Å². The van der Waals surface area contributed by atoms with Crippen molar-refractivity contribution in [2.75, 3.05) is 0 Å². The molecule has 1 unspecified atom stereocenters. The van der Waals surface area contributed by atoms with Crippen molar-refractivity contribution in [1.29, 1.82) is 0 Å². The second kappa shape index (κ2) is 4.91. The lowest BCUT2D eigenvalue weighted by Gasteiger charge is -2.07. The molecule has 88 valence electrons. The second-order valence-corrected chi connectivity index (χ2v) is 4.02. The maximum absolute atomic E-state index is 11.1. The van der Waals surface area contributed by atoms with Crippen LogP contribution in [-0.4, -0.2) is 21.1 Å². The van der Waals surface area contributed by atoms with Gasteiger partial charge in [0.05, 0.1) is 5.56 Å². The van der Waals surface area contributed by atoms with Gasteiger partial charge in [0.2, 0.25) is 0 Å². The van der Waals surface area contributed by atoms with Crippen LogP contribution < -0.4 is 0 Å². The molecule has 2 rings (SSSR count). The van der Waals surface area contributed by atoms with Gasteiger partial charge < -0.3 is 0 Å². The van der Waals surface area contributed by atoms with Gasteiger partial charge in [-0.1, -0.05) is 6.92 Å². The summed E-state index contributed by atoms with van der Waals surface area (Å²) in [5.41, 5.74) is 2.27. The van der Waals surface area contributed by atoms with Crippen molar-refractivity contribution in [2.45, 2.75) is 26.3 Å². The Labute approximate surface area is 100 Å². The lowest BCUT2D eigenvalue weighted by Crippen LogP contribution is -2.04. The average Bonchev–Trinajstić information content (AvgIpc) is 2.83. The van der Waals surface area contributed by atoms with Crippen LogP contribution in [0.25, 0.3) is 11.3 Å². The zero-order valence-electron chi connectivity index (χ0n) is 10.00. The molecular formula is C13H15N3O. The fourth-order valence-electron chi connectivity index (χ4n) is 1.64. The summed E-state index contributed by atoms with van der Waals surface area (Å²) in [4.78, 5) is 15.0. The summed E-state index contributed by atoms with van der Waals surface area (Å²) < 4.78 is 1.85. The molecule has 17 heavy (non-hydrogen) atoms. The van der Waals surface area contributed by atoms with Crippen LogP contribution in [0.2, 0.25) is 0 Å². The number of pyridine rings is 1. The number of aldehydes is 1. The van der Waals surface area contributed by atoms with E-state index in [4.69, 9.17) is 0 Å². The topological polar surface area (TPSA) is 47.8 Å². The summed E-state index contributed by atoms with van der Waals surface area (Å²) >= 11 is 0. The zero-order valence-corrected chi connectivity index (χ0v) is 10.00. The van der Waals surface area contributed by atoms with Crippen molar-refractivity contribution < 1.29 is 4.79 Å². The van der Waals surface area contributed by atoms with Crippen molar-refractivity contribution in [2.24, 2.45) is 0 Å². The minimum absolute atomic E-state index is 0.296.